The van der Waals surface area contributed by atoms with Crippen LogP contribution < -0.4 is 10.6 Å². The van der Waals surface area contributed by atoms with Crippen molar-refractivity contribution >= 4 is 23.6 Å². The van der Waals surface area contributed by atoms with E-state index in [0.29, 0.717) is 13.1 Å². The second kappa shape index (κ2) is 11.9. The molecule has 5 nitrogen and oxygen atoms in total. The molecule has 0 saturated carbocycles. The molecule has 0 aliphatic heterocycles. The van der Waals surface area contributed by atoms with Gasteiger partial charge in [-0.25, -0.2) is 4.79 Å². The fourth-order valence-corrected chi connectivity index (χ4v) is 1.94. The van der Waals surface area contributed by atoms with Gasteiger partial charge in [0.2, 0.25) is 5.91 Å². The molecule has 0 unspecified atom stereocenters. The lowest BCUT2D eigenvalue weighted by Crippen LogP contribution is -2.26. The quantitative estimate of drug-likeness (QED) is 0.513. The fraction of sp³-hybridized carbons (Fsp3) is 0.500. The summed E-state index contributed by atoms with van der Waals surface area (Å²) in [6.45, 7) is 1.53. The molecule has 1 aromatic rings. The molecule has 0 heterocycles. The predicted molar refractivity (Wildman–Crippen MR) is 86.8 cm³/mol. The van der Waals surface area contributed by atoms with Crippen molar-refractivity contribution < 1.29 is 14.3 Å². The van der Waals surface area contributed by atoms with Gasteiger partial charge in [-0.1, -0.05) is 43.2 Å². The number of hydrogen-bond acceptors (Lipinski definition) is 3. The summed E-state index contributed by atoms with van der Waals surface area (Å²) in [6.07, 6.45) is 3.42. The lowest BCUT2D eigenvalue weighted by atomic mass is 10.2. The van der Waals surface area contributed by atoms with Crippen LogP contribution in [0, 0.1) is 0 Å². The Morgan fingerprint density at radius 2 is 1.59 bits per heavy atom. The number of benzene rings is 1. The topological polar surface area (TPSA) is 67.4 Å². The van der Waals surface area contributed by atoms with Gasteiger partial charge in [-0.3, -0.25) is 4.79 Å². The van der Waals surface area contributed by atoms with Gasteiger partial charge in [0.25, 0.3) is 0 Å². The van der Waals surface area contributed by atoms with Gasteiger partial charge in [-0.05, 0) is 18.4 Å². The van der Waals surface area contributed by atoms with Crippen LogP contribution in [-0.2, 0) is 16.1 Å². The van der Waals surface area contributed by atoms with Crippen LogP contribution in [0.3, 0.4) is 0 Å². The van der Waals surface area contributed by atoms with E-state index in [-0.39, 0.29) is 18.4 Å². The number of alkyl carbamates (subject to hydrolysis) is 1. The zero-order valence-electron chi connectivity index (χ0n) is 12.6. The standard InChI is InChI=1S/C16H23ClN2O3/c17-12-15(20)18-10-6-1-2-7-11-19-16(21)22-13-14-8-4-3-5-9-14/h3-5,8-9H,1-2,6-7,10-13H2,(H,18,20)(H,19,21). The SMILES string of the molecule is O=C(CCl)NCCCCCCNC(=O)OCc1ccccc1. The third-order valence-electron chi connectivity index (χ3n) is 3.03. The fourth-order valence-electron chi connectivity index (χ4n) is 1.84. The van der Waals surface area contributed by atoms with Crippen LogP contribution in [0.1, 0.15) is 31.2 Å². The Labute approximate surface area is 136 Å². The largest absolute Gasteiger partial charge is 0.445 e. The van der Waals surface area contributed by atoms with E-state index in [9.17, 15) is 9.59 Å². The van der Waals surface area contributed by atoms with Crippen molar-refractivity contribution in [3.05, 3.63) is 35.9 Å². The molecule has 2 N–H and O–H groups in total. The van der Waals surface area contributed by atoms with Crippen LogP contribution >= 0.6 is 11.6 Å². The number of amides is 2. The van der Waals surface area contributed by atoms with Gasteiger partial charge in [0.15, 0.2) is 0 Å². The Balaban J connectivity index is 1.92. The smallest absolute Gasteiger partial charge is 0.407 e. The number of unbranched alkanes of at least 4 members (excludes halogenated alkanes) is 3. The molecule has 0 bridgehead atoms. The number of nitrogens with one attached hydrogen (secondary N) is 2. The van der Waals surface area contributed by atoms with Gasteiger partial charge in [-0.15, -0.1) is 11.6 Å². The van der Waals surface area contributed by atoms with Crippen molar-refractivity contribution in [3.8, 4) is 0 Å². The van der Waals surface area contributed by atoms with E-state index < -0.39 is 6.09 Å². The molecule has 1 aromatic carbocycles. The van der Waals surface area contributed by atoms with Crippen LogP contribution in [0.4, 0.5) is 4.79 Å². The van der Waals surface area contributed by atoms with Crippen molar-refractivity contribution in [2.45, 2.75) is 32.3 Å². The van der Waals surface area contributed by atoms with Crippen molar-refractivity contribution in [1.82, 2.24) is 10.6 Å². The van der Waals surface area contributed by atoms with E-state index in [0.717, 1.165) is 31.2 Å². The molecule has 0 aromatic heterocycles. The first-order valence-corrected chi connectivity index (χ1v) is 8.03. The van der Waals surface area contributed by atoms with Crippen molar-refractivity contribution in [2.24, 2.45) is 0 Å². The maximum Gasteiger partial charge on any atom is 0.407 e. The highest BCUT2D eigenvalue weighted by molar-refractivity contribution is 6.27. The number of hydrogen-bond donors (Lipinski definition) is 2. The zero-order valence-corrected chi connectivity index (χ0v) is 13.4. The van der Waals surface area contributed by atoms with Gasteiger partial charge < -0.3 is 15.4 Å². The highest BCUT2D eigenvalue weighted by Gasteiger charge is 2.01. The third kappa shape index (κ3) is 9.23. The number of rotatable bonds is 10. The number of carbonyl (C=O) groups excluding carboxylic acids is 2. The van der Waals surface area contributed by atoms with Crippen molar-refractivity contribution in [3.63, 3.8) is 0 Å². The molecule has 0 aliphatic rings. The Morgan fingerprint density at radius 3 is 2.23 bits per heavy atom. The maximum absolute atomic E-state index is 11.5. The van der Waals surface area contributed by atoms with Crippen molar-refractivity contribution in [1.29, 1.82) is 0 Å². The summed E-state index contributed by atoms with van der Waals surface area (Å²) in [6, 6.07) is 9.57. The zero-order chi connectivity index (χ0) is 16.0. The Morgan fingerprint density at radius 1 is 0.955 bits per heavy atom. The second-order valence-electron chi connectivity index (χ2n) is 4.89. The summed E-state index contributed by atoms with van der Waals surface area (Å²) in [5.74, 6) is -0.126. The summed E-state index contributed by atoms with van der Waals surface area (Å²) < 4.78 is 5.10. The first-order valence-electron chi connectivity index (χ1n) is 7.49. The summed E-state index contributed by atoms with van der Waals surface area (Å²) in [4.78, 5) is 22.3. The second-order valence-corrected chi connectivity index (χ2v) is 5.15. The summed E-state index contributed by atoms with van der Waals surface area (Å²) in [5.41, 5.74) is 0.969. The van der Waals surface area contributed by atoms with Gasteiger partial charge >= 0.3 is 6.09 Å². The average Bonchev–Trinajstić information content (AvgIpc) is 2.56. The monoisotopic (exact) mass is 326 g/mol. The van der Waals surface area contributed by atoms with Crippen LogP contribution in [0.5, 0.6) is 0 Å². The first-order chi connectivity index (χ1) is 10.7. The van der Waals surface area contributed by atoms with E-state index in [2.05, 4.69) is 10.6 Å². The van der Waals surface area contributed by atoms with Crippen LogP contribution in [0.15, 0.2) is 30.3 Å². The number of ether oxygens (including phenoxy) is 1. The highest BCUT2D eigenvalue weighted by atomic mass is 35.5. The summed E-state index contributed by atoms with van der Waals surface area (Å²) in [5, 5.41) is 5.44. The van der Waals surface area contributed by atoms with Gasteiger partial charge in [0, 0.05) is 13.1 Å². The van der Waals surface area contributed by atoms with E-state index in [4.69, 9.17) is 16.3 Å². The predicted octanol–water partition coefficient (Wildman–Crippen LogP) is 2.83. The normalized spacial score (nSPS) is 10.0. The maximum atomic E-state index is 11.5. The minimum Gasteiger partial charge on any atom is -0.445 e. The molecule has 22 heavy (non-hydrogen) atoms. The van der Waals surface area contributed by atoms with Gasteiger partial charge in [0.1, 0.15) is 12.5 Å². The van der Waals surface area contributed by atoms with Gasteiger partial charge in [-0.2, -0.15) is 0 Å². The number of halogens is 1. The molecular weight excluding hydrogens is 304 g/mol. The molecule has 122 valence electrons. The highest BCUT2D eigenvalue weighted by Crippen LogP contribution is 2.01. The minimum absolute atomic E-state index is 0.00894. The van der Waals surface area contributed by atoms with Crippen LogP contribution in [-0.4, -0.2) is 31.0 Å². The molecule has 0 saturated heterocycles. The Bertz CT molecular complexity index is 440. The molecule has 0 fully saturated rings. The molecule has 0 aliphatic carbocycles. The molecule has 0 radical (unpaired) electrons. The lowest BCUT2D eigenvalue weighted by Gasteiger charge is -2.07. The summed E-state index contributed by atoms with van der Waals surface area (Å²) >= 11 is 5.36. The summed E-state index contributed by atoms with van der Waals surface area (Å²) in [7, 11) is 0. The van der Waals surface area contributed by atoms with Gasteiger partial charge in [0.05, 0.1) is 0 Å². The molecular formula is C16H23ClN2O3. The van der Waals surface area contributed by atoms with E-state index in [1.807, 2.05) is 30.3 Å². The van der Waals surface area contributed by atoms with Crippen LogP contribution in [0.25, 0.3) is 0 Å². The van der Waals surface area contributed by atoms with Crippen molar-refractivity contribution in [2.75, 3.05) is 19.0 Å². The van der Waals surface area contributed by atoms with E-state index in [1.54, 1.807) is 0 Å². The number of carbonyl (C=O) groups is 2. The van der Waals surface area contributed by atoms with E-state index in [1.165, 1.54) is 0 Å². The molecule has 6 heteroatoms. The van der Waals surface area contributed by atoms with Crippen LogP contribution in [0.2, 0.25) is 0 Å². The molecule has 0 atom stereocenters. The third-order valence-corrected chi connectivity index (χ3v) is 3.27. The molecule has 1 rings (SSSR count). The first kappa shape index (κ1) is 18.3. The minimum atomic E-state index is -0.391. The molecule has 2 amide bonds. The Hall–Kier alpha value is -1.75. The van der Waals surface area contributed by atoms with E-state index >= 15 is 0 Å². The average molecular weight is 327 g/mol. The number of alkyl halides is 1. The Kier molecular flexibility index (Phi) is 9.87. The lowest BCUT2D eigenvalue weighted by molar-refractivity contribution is -0.118. The molecule has 0 spiro atoms.